The molecule has 1 aromatic heterocycles. The Bertz CT molecular complexity index is 250. The fourth-order valence-electron chi connectivity index (χ4n) is 1.01. The molecule has 1 rings (SSSR count). The standard InChI is InChI=1S/C9H12ClNO/c1-9(2,12)5-7-3-4-8(10)11-6-7/h3-4,6,12H,5H2,1-2H3. The summed E-state index contributed by atoms with van der Waals surface area (Å²) in [7, 11) is 0. The van der Waals surface area contributed by atoms with Gasteiger partial charge in [0.1, 0.15) is 5.15 Å². The van der Waals surface area contributed by atoms with E-state index in [0.29, 0.717) is 11.6 Å². The van der Waals surface area contributed by atoms with Crippen molar-refractivity contribution in [1.29, 1.82) is 0 Å². The predicted molar refractivity (Wildman–Crippen MR) is 49.2 cm³/mol. The van der Waals surface area contributed by atoms with Crippen LogP contribution in [0.4, 0.5) is 0 Å². The van der Waals surface area contributed by atoms with Gasteiger partial charge in [0, 0.05) is 12.6 Å². The first-order valence-corrected chi connectivity index (χ1v) is 4.18. The van der Waals surface area contributed by atoms with Gasteiger partial charge in [0.2, 0.25) is 0 Å². The van der Waals surface area contributed by atoms with Gasteiger partial charge in [0.15, 0.2) is 0 Å². The molecular formula is C9H12ClNO. The highest BCUT2D eigenvalue weighted by molar-refractivity contribution is 6.29. The summed E-state index contributed by atoms with van der Waals surface area (Å²) in [6.45, 7) is 3.53. The second-order valence-corrected chi connectivity index (χ2v) is 3.87. The summed E-state index contributed by atoms with van der Waals surface area (Å²) in [5.74, 6) is 0. The second-order valence-electron chi connectivity index (χ2n) is 3.48. The van der Waals surface area contributed by atoms with Crippen LogP contribution in [0.3, 0.4) is 0 Å². The molecule has 0 spiro atoms. The lowest BCUT2D eigenvalue weighted by molar-refractivity contribution is 0.0809. The van der Waals surface area contributed by atoms with E-state index in [1.54, 1.807) is 26.1 Å². The summed E-state index contributed by atoms with van der Waals surface area (Å²) in [5, 5.41) is 9.96. The Morgan fingerprint density at radius 1 is 1.50 bits per heavy atom. The molecule has 0 aliphatic rings. The molecule has 0 saturated carbocycles. The third-order valence-electron chi connectivity index (χ3n) is 1.43. The van der Waals surface area contributed by atoms with Gasteiger partial charge in [-0.15, -0.1) is 0 Å². The number of hydrogen-bond donors (Lipinski definition) is 1. The van der Waals surface area contributed by atoms with Gasteiger partial charge in [-0.2, -0.15) is 0 Å². The van der Waals surface area contributed by atoms with Crippen molar-refractivity contribution in [2.24, 2.45) is 0 Å². The van der Waals surface area contributed by atoms with Crippen LogP contribution in [0.25, 0.3) is 0 Å². The van der Waals surface area contributed by atoms with Crippen LogP contribution >= 0.6 is 11.6 Å². The molecule has 0 atom stereocenters. The maximum atomic E-state index is 9.48. The number of halogens is 1. The third-order valence-corrected chi connectivity index (χ3v) is 1.65. The van der Waals surface area contributed by atoms with Crippen LogP contribution in [0, 0.1) is 0 Å². The van der Waals surface area contributed by atoms with Crippen LogP contribution in [-0.2, 0) is 6.42 Å². The normalized spacial score (nSPS) is 11.7. The van der Waals surface area contributed by atoms with Crippen LogP contribution < -0.4 is 0 Å². The van der Waals surface area contributed by atoms with Crippen LogP contribution in [0.15, 0.2) is 18.3 Å². The molecule has 0 aliphatic heterocycles. The topological polar surface area (TPSA) is 33.1 Å². The van der Waals surface area contributed by atoms with Crippen molar-refractivity contribution >= 4 is 11.6 Å². The molecule has 0 aliphatic carbocycles. The molecule has 1 heterocycles. The highest BCUT2D eigenvalue weighted by atomic mass is 35.5. The van der Waals surface area contributed by atoms with Gasteiger partial charge in [0.25, 0.3) is 0 Å². The Morgan fingerprint density at radius 2 is 2.17 bits per heavy atom. The number of aliphatic hydroxyl groups is 1. The zero-order valence-electron chi connectivity index (χ0n) is 7.21. The Morgan fingerprint density at radius 3 is 2.58 bits per heavy atom. The average Bonchev–Trinajstić information content (AvgIpc) is 1.91. The van der Waals surface area contributed by atoms with Crippen molar-refractivity contribution in [3.63, 3.8) is 0 Å². The molecule has 0 amide bonds. The highest BCUT2D eigenvalue weighted by Crippen LogP contribution is 2.12. The summed E-state index contributed by atoms with van der Waals surface area (Å²) in [6, 6.07) is 3.59. The van der Waals surface area contributed by atoms with E-state index in [9.17, 15) is 5.11 Å². The van der Waals surface area contributed by atoms with E-state index in [1.807, 2.05) is 6.07 Å². The number of nitrogens with zero attached hydrogens (tertiary/aromatic N) is 1. The Kier molecular flexibility index (Phi) is 2.70. The van der Waals surface area contributed by atoms with Crippen LogP contribution in [0.2, 0.25) is 5.15 Å². The third kappa shape index (κ3) is 3.20. The lowest BCUT2D eigenvalue weighted by Gasteiger charge is -2.16. The second kappa shape index (κ2) is 3.42. The molecule has 0 aromatic carbocycles. The number of rotatable bonds is 2. The van der Waals surface area contributed by atoms with Crippen molar-refractivity contribution in [1.82, 2.24) is 4.98 Å². The van der Waals surface area contributed by atoms with E-state index in [2.05, 4.69) is 4.98 Å². The highest BCUT2D eigenvalue weighted by Gasteiger charge is 2.12. The van der Waals surface area contributed by atoms with E-state index in [4.69, 9.17) is 11.6 Å². The fourth-order valence-corrected chi connectivity index (χ4v) is 1.12. The summed E-state index contributed by atoms with van der Waals surface area (Å²) < 4.78 is 0. The van der Waals surface area contributed by atoms with E-state index in [0.717, 1.165) is 5.56 Å². The number of pyridine rings is 1. The van der Waals surface area contributed by atoms with E-state index >= 15 is 0 Å². The van der Waals surface area contributed by atoms with E-state index < -0.39 is 5.60 Å². The fraction of sp³-hybridized carbons (Fsp3) is 0.444. The summed E-state index contributed by atoms with van der Waals surface area (Å²) in [5.41, 5.74) is 0.307. The predicted octanol–water partition coefficient (Wildman–Crippen LogP) is 2.05. The Labute approximate surface area is 77.2 Å². The van der Waals surface area contributed by atoms with Crippen molar-refractivity contribution in [2.45, 2.75) is 25.9 Å². The molecule has 2 nitrogen and oxygen atoms in total. The SMILES string of the molecule is CC(C)(O)Cc1ccc(Cl)nc1. The summed E-state index contributed by atoms with van der Waals surface area (Å²) >= 11 is 5.61. The first-order valence-electron chi connectivity index (χ1n) is 3.80. The Hall–Kier alpha value is -0.600. The molecule has 0 saturated heterocycles. The van der Waals surface area contributed by atoms with Crippen LogP contribution in [0.1, 0.15) is 19.4 Å². The van der Waals surface area contributed by atoms with Crippen LogP contribution in [0.5, 0.6) is 0 Å². The summed E-state index contributed by atoms with van der Waals surface area (Å²) in [6.07, 6.45) is 2.28. The molecular weight excluding hydrogens is 174 g/mol. The Balaban J connectivity index is 2.71. The van der Waals surface area contributed by atoms with Crippen molar-refractivity contribution in [3.8, 4) is 0 Å². The van der Waals surface area contributed by atoms with Crippen LogP contribution in [-0.4, -0.2) is 15.7 Å². The lowest BCUT2D eigenvalue weighted by atomic mass is 10.0. The van der Waals surface area contributed by atoms with Gasteiger partial charge in [-0.25, -0.2) is 4.98 Å². The largest absolute Gasteiger partial charge is 0.390 e. The van der Waals surface area contributed by atoms with Gasteiger partial charge in [0.05, 0.1) is 5.60 Å². The number of aromatic nitrogens is 1. The molecule has 66 valence electrons. The van der Waals surface area contributed by atoms with Gasteiger partial charge in [-0.1, -0.05) is 17.7 Å². The van der Waals surface area contributed by atoms with Crippen molar-refractivity contribution in [2.75, 3.05) is 0 Å². The molecule has 12 heavy (non-hydrogen) atoms. The molecule has 0 radical (unpaired) electrons. The van der Waals surface area contributed by atoms with Gasteiger partial charge >= 0.3 is 0 Å². The zero-order valence-corrected chi connectivity index (χ0v) is 7.97. The molecule has 0 unspecified atom stereocenters. The van der Waals surface area contributed by atoms with E-state index in [1.165, 1.54) is 0 Å². The first kappa shape index (κ1) is 9.49. The molecule has 0 bridgehead atoms. The minimum atomic E-state index is -0.685. The monoisotopic (exact) mass is 185 g/mol. The molecule has 3 heteroatoms. The first-order chi connectivity index (χ1) is 5.47. The molecule has 0 fully saturated rings. The van der Waals surface area contributed by atoms with Crippen molar-refractivity contribution < 1.29 is 5.11 Å². The molecule has 1 aromatic rings. The summed E-state index contributed by atoms with van der Waals surface area (Å²) in [4.78, 5) is 3.92. The lowest BCUT2D eigenvalue weighted by Crippen LogP contribution is -2.21. The average molecular weight is 186 g/mol. The maximum Gasteiger partial charge on any atom is 0.129 e. The smallest absolute Gasteiger partial charge is 0.129 e. The van der Waals surface area contributed by atoms with Gasteiger partial charge in [-0.3, -0.25) is 0 Å². The molecule has 1 N–H and O–H groups in total. The number of hydrogen-bond acceptors (Lipinski definition) is 2. The van der Waals surface area contributed by atoms with Gasteiger partial charge in [-0.05, 0) is 25.5 Å². The van der Waals surface area contributed by atoms with E-state index in [-0.39, 0.29) is 0 Å². The minimum absolute atomic E-state index is 0.481. The zero-order chi connectivity index (χ0) is 9.19. The van der Waals surface area contributed by atoms with Gasteiger partial charge < -0.3 is 5.11 Å². The minimum Gasteiger partial charge on any atom is -0.390 e. The van der Waals surface area contributed by atoms with Crippen molar-refractivity contribution in [3.05, 3.63) is 29.0 Å². The quantitative estimate of drug-likeness (QED) is 0.716. The maximum absolute atomic E-state index is 9.48.